The highest BCUT2D eigenvalue weighted by molar-refractivity contribution is 9.10. The van der Waals surface area contributed by atoms with Gasteiger partial charge < -0.3 is 4.90 Å². The molecule has 0 saturated carbocycles. The number of rotatable bonds is 2. The quantitative estimate of drug-likeness (QED) is 0.814. The van der Waals surface area contributed by atoms with Gasteiger partial charge in [0.05, 0.1) is 0 Å². The first-order valence-corrected chi connectivity index (χ1v) is 6.47. The lowest BCUT2D eigenvalue weighted by Crippen LogP contribution is -2.34. The first-order chi connectivity index (χ1) is 6.81. The lowest BCUT2D eigenvalue weighted by atomic mass is 9.96. The van der Waals surface area contributed by atoms with Crippen molar-refractivity contribution in [2.75, 3.05) is 13.6 Å². The van der Waals surface area contributed by atoms with Gasteiger partial charge in [-0.3, -0.25) is 4.79 Å². The summed E-state index contributed by atoms with van der Waals surface area (Å²) in [4.78, 5) is 14.6. The molecule has 2 nitrogen and oxygen atoms in total. The average molecular weight is 290 g/mol. The van der Waals surface area contributed by atoms with Crippen molar-refractivity contribution >= 4 is 33.2 Å². The highest BCUT2D eigenvalue weighted by Crippen LogP contribution is 2.25. The number of amides is 1. The molecule has 0 aliphatic carbocycles. The van der Waals surface area contributed by atoms with E-state index < -0.39 is 0 Å². The van der Waals surface area contributed by atoms with Crippen LogP contribution in [0.2, 0.25) is 0 Å². The summed E-state index contributed by atoms with van der Waals surface area (Å²) in [6.45, 7) is 7.14. The van der Waals surface area contributed by atoms with E-state index in [2.05, 4.69) is 36.7 Å². The smallest absolute Gasteiger partial charge is 0.264 e. The second-order valence-corrected chi connectivity index (χ2v) is 6.59. The Morgan fingerprint density at radius 1 is 1.53 bits per heavy atom. The number of hydrogen-bond acceptors (Lipinski definition) is 2. The third kappa shape index (κ3) is 3.61. The molecule has 0 radical (unpaired) electrons. The van der Waals surface area contributed by atoms with Crippen LogP contribution in [0.1, 0.15) is 30.4 Å². The van der Waals surface area contributed by atoms with Crippen LogP contribution < -0.4 is 0 Å². The molecule has 0 aliphatic heterocycles. The van der Waals surface area contributed by atoms with Gasteiger partial charge in [0.1, 0.15) is 4.88 Å². The monoisotopic (exact) mass is 289 g/mol. The minimum atomic E-state index is 0.0896. The zero-order valence-corrected chi connectivity index (χ0v) is 11.9. The van der Waals surface area contributed by atoms with Gasteiger partial charge in [0.15, 0.2) is 0 Å². The largest absolute Gasteiger partial charge is 0.340 e. The van der Waals surface area contributed by atoms with Gasteiger partial charge in [-0.25, -0.2) is 0 Å². The second-order valence-electron chi connectivity index (χ2n) is 4.82. The predicted molar refractivity (Wildman–Crippen MR) is 68.4 cm³/mol. The molecule has 1 amide bonds. The Morgan fingerprint density at radius 2 is 2.13 bits per heavy atom. The topological polar surface area (TPSA) is 20.3 Å². The average Bonchev–Trinajstić information content (AvgIpc) is 2.47. The minimum absolute atomic E-state index is 0.0896. The number of thiophene rings is 1. The Labute approximate surface area is 103 Å². The van der Waals surface area contributed by atoms with Gasteiger partial charge >= 0.3 is 0 Å². The van der Waals surface area contributed by atoms with Gasteiger partial charge in [0.2, 0.25) is 0 Å². The van der Waals surface area contributed by atoms with Gasteiger partial charge in [-0.1, -0.05) is 20.8 Å². The summed E-state index contributed by atoms with van der Waals surface area (Å²) in [6.07, 6.45) is 0. The molecule has 0 saturated heterocycles. The van der Waals surface area contributed by atoms with Crippen molar-refractivity contribution in [3.8, 4) is 0 Å². The Bertz CT molecular complexity index is 354. The predicted octanol–water partition coefficient (Wildman–Crippen LogP) is 3.63. The molecule has 0 N–H and O–H groups in total. The molecule has 84 valence electrons. The molecule has 1 rings (SSSR count). The normalized spacial score (nSPS) is 11.5. The van der Waals surface area contributed by atoms with Crippen LogP contribution in [0.25, 0.3) is 0 Å². The number of nitrogens with zero attached hydrogens (tertiary/aromatic N) is 1. The first kappa shape index (κ1) is 12.7. The van der Waals surface area contributed by atoms with Crippen LogP contribution in [0.3, 0.4) is 0 Å². The molecule has 0 aliphatic rings. The van der Waals surface area contributed by atoms with Crippen LogP contribution in [-0.4, -0.2) is 24.4 Å². The summed E-state index contributed by atoms with van der Waals surface area (Å²) in [5.41, 5.74) is 0.133. The standard InChI is InChI=1S/C11H16BrNOS/c1-11(2,3)7-13(4)10(14)9-8(12)5-6-15-9/h5-6H,7H2,1-4H3. The molecule has 1 heterocycles. The SMILES string of the molecule is CN(CC(C)(C)C)C(=O)c1sccc1Br. The number of carbonyl (C=O) groups excluding carboxylic acids is 1. The summed E-state index contributed by atoms with van der Waals surface area (Å²) in [5.74, 6) is 0.0896. The van der Waals surface area contributed by atoms with Crippen LogP contribution in [-0.2, 0) is 0 Å². The van der Waals surface area contributed by atoms with Crippen molar-refractivity contribution in [1.29, 1.82) is 0 Å². The molecule has 0 fully saturated rings. The van der Waals surface area contributed by atoms with E-state index >= 15 is 0 Å². The molecule has 0 unspecified atom stereocenters. The zero-order chi connectivity index (χ0) is 11.6. The van der Waals surface area contributed by atoms with E-state index in [1.807, 2.05) is 18.5 Å². The van der Waals surface area contributed by atoms with Crippen LogP contribution in [0, 0.1) is 5.41 Å². The highest BCUT2D eigenvalue weighted by Gasteiger charge is 2.20. The van der Waals surface area contributed by atoms with Gasteiger partial charge in [-0.2, -0.15) is 0 Å². The van der Waals surface area contributed by atoms with Crippen molar-refractivity contribution in [3.63, 3.8) is 0 Å². The molecule has 0 spiro atoms. The van der Waals surface area contributed by atoms with Gasteiger partial charge in [-0.05, 0) is 32.8 Å². The number of halogens is 1. The van der Waals surface area contributed by atoms with Crippen LogP contribution in [0.15, 0.2) is 15.9 Å². The molecular formula is C11H16BrNOS. The van der Waals surface area contributed by atoms with E-state index in [4.69, 9.17) is 0 Å². The maximum atomic E-state index is 12.0. The van der Waals surface area contributed by atoms with Crippen LogP contribution >= 0.6 is 27.3 Å². The maximum absolute atomic E-state index is 12.0. The van der Waals surface area contributed by atoms with Crippen LogP contribution in [0.5, 0.6) is 0 Å². The van der Waals surface area contributed by atoms with Gasteiger partial charge in [0.25, 0.3) is 5.91 Å². The van der Waals surface area contributed by atoms with E-state index in [1.54, 1.807) is 4.90 Å². The fraction of sp³-hybridized carbons (Fsp3) is 0.545. The molecule has 0 aromatic carbocycles. The third-order valence-electron chi connectivity index (χ3n) is 1.87. The second kappa shape index (κ2) is 4.66. The lowest BCUT2D eigenvalue weighted by Gasteiger charge is -2.26. The molecule has 1 aromatic rings. The van der Waals surface area contributed by atoms with E-state index in [0.29, 0.717) is 0 Å². The van der Waals surface area contributed by atoms with Gasteiger partial charge in [0, 0.05) is 18.1 Å². The number of hydrogen-bond donors (Lipinski definition) is 0. The fourth-order valence-electron chi connectivity index (χ4n) is 1.40. The lowest BCUT2D eigenvalue weighted by molar-refractivity contribution is 0.0749. The summed E-state index contributed by atoms with van der Waals surface area (Å²) < 4.78 is 0.887. The Balaban J connectivity index is 2.74. The molecular weight excluding hydrogens is 274 g/mol. The molecule has 0 bridgehead atoms. The molecule has 0 atom stereocenters. The van der Waals surface area contributed by atoms with E-state index in [-0.39, 0.29) is 11.3 Å². The van der Waals surface area contributed by atoms with E-state index in [0.717, 1.165) is 15.9 Å². The first-order valence-electron chi connectivity index (χ1n) is 4.80. The molecule has 15 heavy (non-hydrogen) atoms. The van der Waals surface area contributed by atoms with Crippen molar-refractivity contribution in [3.05, 3.63) is 20.8 Å². The zero-order valence-electron chi connectivity index (χ0n) is 9.50. The number of carbonyl (C=O) groups is 1. The van der Waals surface area contributed by atoms with Crippen LogP contribution in [0.4, 0.5) is 0 Å². The van der Waals surface area contributed by atoms with Gasteiger partial charge in [-0.15, -0.1) is 11.3 Å². The summed E-state index contributed by atoms with van der Waals surface area (Å²) in [5, 5.41) is 1.92. The summed E-state index contributed by atoms with van der Waals surface area (Å²) in [7, 11) is 1.85. The Morgan fingerprint density at radius 3 is 2.53 bits per heavy atom. The third-order valence-corrected chi connectivity index (χ3v) is 3.70. The van der Waals surface area contributed by atoms with Crippen molar-refractivity contribution in [2.24, 2.45) is 5.41 Å². The van der Waals surface area contributed by atoms with E-state index in [1.165, 1.54) is 11.3 Å². The van der Waals surface area contributed by atoms with Crippen molar-refractivity contribution < 1.29 is 4.79 Å². The Kier molecular flexibility index (Phi) is 3.95. The minimum Gasteiger partial charge on any atom is -0.340 e. The fourth-order valence-corrected chi connectivity index (χ4v) is 2.94. The summed E-state index contributed by atoms with van der Waals surface area (Å²) in [6, 6.07) is 1.91. The maximum Gasteiger partial charge on any atom is 0.264 e. The summed E-state index contributed by atoms with van der Waals surface area (Å²) >= 11 is 4.85. The van der Waals surface area contributed by atoms with Crippen molar-refractivity contribution in [1.82, 2.24) is 4.90 Å². The Hall–Kier alpha value is -0.350. The van der Waals surface area contributed by atoms with Crippen molar-refractivity contribution in [2.45, 2.75) is 20.8 Å². The van der Waals surface area contributed by atoms with E-state index in [9.17, 15) is 4.79 Å². The highest BCUT2D eigenvalue weighted by atomic mass is 79.9. The molecule has 1 aromatic heterocycles. The molecule has 4 heteroatoms.